The van der Waals surface area contributed by atoms with Crippen LogP contribution in [-0.4, -0.2) is 14.7 Å². The lowest BCUT2D eigenvalue weighted by Gasteiger charge is -2.06. The zero-order chi connectivity index (χ0) is 14.4. The summed E-state index contributed by atoms with van der Waals surface area (Å²) in [6.45, 7) is -0.0495. The third kappa shape index (κ3) is 1.91. The summed E-state index contributed by atoms with van der Waals surface area (Å²) in [5.74, 6) is 0.675. The molecule has 0 bridgehead atoms. The number of aliphatic hydroxyl groups excluding tert-OH is 1. The molecule has 2 aromatic carbocycles. The average molecular weight is 294 g/mol. The van der Waals surface area contributed by atoms with E-state index in [0.717, 1.165) is 10.9 Å². The minimum atomic E-state index is -0.0495. The van der Waals surface area contributed by atoms with Gasteiger partial charge in [0.2, 0.25) is 0 Å². The molecule has 3 aromatic rings. The molecular weight excluding hydrogens is 280 g/mol. The van der Waals surface area contributed by atoms with Gasteiger partial charge in [0, 0.05) is 18.6 Å². The summed E-state index contributed by atoms with van der Waals surface area (Å²) in [7, 11) is 1.94. The Hall–Kier alpha value is -2.04. The van der Waals surface area contributed by atoms with E-state index in [0.29, 0.717) is 5.82 Å². The van der Waals surface area contributed by atoms with Crippen LogP contribution in [0.4, 0.5) is 0 Å². The van der Waals surface area contributed by atoms with Crippen LogP contribution in [0.5, 0.6) is 0 Å². The number of aryl methyl sites for hydroxylation is 1. The maximum Gasteiger partial charge on any atom is 0.134 e. The SMILES string of the molecule is Cn1c(CO)ncc2c3cc4c(ccc3cc21)=CSC=C4. The van der Waals surface area contributed by atoms with Gasteiger partial charge in [-0.1, -0.05) is 12.1 Å². The van der Waals surface area contributed by atoms with Gasteiger partial charge in [-0.05, 0) is 50.6 Å². The molecular formula is C17H14N2OS. The van der Waals surface area contributed by atoms with E-state index in [2.05, 4.69) is 46.1 Å². The number of nitrogens with zero attached hydrogens (tertiary/aromatic N) is 2. The van der Waals surface area contributed by atoms with Crippen molar-refractivity contribution in [3.63, 3.8) is 0 Å². The monoisotopic (exact) mass is 294 g/mol. The van der Waals surface area contributed by atoms with Gasteiger partial charge in [-0.15, -0.1) is 11.8 Å². The third-order valence-corrected chi connectivity index (χ3v) is 4.68. The molecule has 4 heteroatoms. The first-order valence-electron chi connectivity index (χ1n) is 6.78. The van der Waals surface area contributed by atoms with Gasteiger partial charge >= 0.3 is 0 Å². The lowest BCUT2D eigenvalue weighted by Crippen LogP contribution is -2.04. The third-order valence-electron chi connectivity index (χ3n) is 4.00. The van der Waals surface area contributed by atoms with Crippen LogP contribution >= 0.6 is 11.8 Å². The molecule has 0 amide bonds. The highest BCUT2D eigenvalue weighted by Gasteiger charge is 2.09. The van der Waals surface area contributed by atoms with Crippen molar-refractivity contribution in [3.05, 3.63) is 52.5 Å². The Kier molecular flexibility index (Phi) is 2.87. The Morgan fingerprint density at radius 1 is 1.24 bits per heavy atom. The Morgan fingerprint density at radius 3 is 3.00 bits per heavy atom. The quantitative estimate of drug-likeness (QED) is 0.750. The van der Waals surface area contributed by atoms with Gasteiger partial charge in [-0.2, -0.15) is 0 Å². The summed E-state index contributed by atoms with van der Waals surface area (Å²) >= 11 is 1.70. The molecule has 0 atom stereocenters. The van der Waals surface area contributed by atoms with Crippen LogP contribution in [0.1, 0.15) is 11.4 Å². The molecule has 3 nitrogen and oxygen atoms in total. The van der Waals surface area contributed by atoms with Crippen molar-refractivity contribution < 1.29 is 5.11 Å². The first kappa shape index (κ1) is 12.7. The normalized spacial score (nSPS) is 13.4. The molecule has 0 unspecified atom stereocenters. The van der Waals surface area contributed by atoms with Gasteiger partial charge in [0.1, 0.15) is 12.4 Å². The standard InChI is InChI=1S/C17H14N2OS/c1-19-16-7-12-2-3-13-10-21-5-4-11(13)6-14(12)15(16)8-18-17(19)9-20/h2-8,10,20H,9H2,1H3. The molecule has 0 spiro atoms. The van der Waals surface area contributed by atoms with Crippen LogP contribution in [0.3, 0.4) is 0 Å². The first-order chi connectivity index (χ1) is 10.3. The zero-order valence-corrected chi connectivity index (χ0v) is 12.4. The lowest BCUT2D eigenvalue weighted by atomic mass is 10.2. The number of thioether (sulfide) groups is 1. The fraction of sp³-hybridized carbons (Fsp3) is 0.118. The van der Waals surface area contributed by atoms with E-state index in [1.54, 1.807) is 11.8 Å². The fourth-order valence-electron chi connectivity index (χ4n) is 2.81. The van der Waals surface area contributed by atoms with Crippen molar-refractivity contribution in [2.75, 3.05) is 0 Å². The number of aromatic nitrogens is 2. The van der Waals surface area contributed by atoms with E-state index < -0.39 is 0 Å². The summed E-state index contributed by atoms with van der Waals surface area (Å²) in [4.78, 5) is 4.36. The molecule has 0 fully saturated rings. The Morgan fingerprint density at radius 2 is 2.14 bits per heavy atom. The van der Waals surface area contributed by atoms with E-state index in [1.165, 1.54) is 21.6 Å². The molecule has 1 aliphatic rings. The predicted octanol–water partition coefficient (Wildman–Crippen LogP) is 2.96. The van der Waals surface area contributed by atoms with Gasteiger partial charge in [0.05, 0.1) is 5.52 Å². The molecule has 0 saturated heterocycles. The van der Waals surface area contributed by atoms with E-state index in [4.69, 9.17) is 0 Å². The van der Waals surface area contributed by atoms with Crippen LogP contribution in [0.25, 0.3) is 33.2 Å². The molecule has 0 radical (unpaired) electrons. The second kappa shape index (κ2) is 4.76. The van der Waals surface area contributed by atoms with Crippen LogP contribution < -0.4 is 5.22 Å². The molecule has 0 aliphatic carbocycles. The number of aliphatic hydroxyl groups is 1. The van der Waals surface area contributed by atoms with Crippen LogP contribution in [-0.2, 0) is 13.7 Å². The van der Waals surface area contributed by atoms with Crippen LogP contribution in [0.15, 0.2) is 35.9 Å². The average Bonchev–Trinajstić information content (AvgIpc) is 2.75. The van der Waals surface area contributed by atoms with E-state index in [9.17, 15) is 5.11 Å². The number of fused-ring (bicyclic) bond motifs is 4. The smallest absolute Gasteiger partial charge is 0.134 e. The van der Waals surface area contributed by atoms with Crippen molar-refractivity contribution in [2.45, 2.75) is 6.61 Å². The molecule has 4 rings (SSSR count). The highest BCUT2D eigenvalue weighted by Crippen LogP contribution is 2.28. The van der Waals surface area contributed by atoms with E-state index in [-0.39, 0.29) is 6.61 Å². The zero-order valence-electron chi connectivity index (χ0n) is 11.6. The van der Waals surface area contributed by atoms with Crippen molar-refractivity contribution in [1.82, 2.24) is 9.55 Å². The largest absolute Gasteiger partial charge is 0.388 e. The van der Waals surface area contributed by atoms with Crippen LogP contribution in [0, 0.1) is 0 Å². The minimum Gasteiger partial charge on any atom is -0.388 e. The van der Waals surface area contributed by atoms with Crippen LogP contribution in [0.2, 0.25) is 0 Å². The van der Waals surface area contributed by atoms with Crippen molar-refractivity contribution in [2.24, 2.45) is 7.05 Å². The van der Waals surface area contributed by atoms with Gasteiger partial charge in [0.25, 0.3) is 0 Å². The minimum absolute atomic E-state index is 0.0495. The fourth-order valence-corrected chi connectivity index (χ4v) is 3.48. The van der Waals surface area contributed by atoms with E-state index >= 15 is 0 Å². The molecule has 21 heavy (non-hydrogen) atoms. The number of hydrogen-bond donors (Lipinski definition) is 1. The summed E-state index contributed by atoms with van der Waals surface area (Å²) in [6.07, 6.45) is 4.01. The molecule has 0 saturated carbocycles. The summed E-state index contributed by atoms with van der Waals surface area (Å²) in [6, 6.07) is 8.70. The Bertz CT molecular complexity index is 970. The summed E-state index contributed by atoms with van der Waals surface area (Å²) < 4.78 is 1.96. The van der Waals surface area contributed by atoms with Crippen molar-refractivity contribution in [1.29, 1.82) is 0 Å². The van der Waals surface area contributed by atoms with Gasteiger partial charge < -0.3 is 9.67 Å². The van der Waals surface area contributed by atoms with E-state index in [1.807, 2.05) is 17.8 Å². The maximum atomic E-state index is 9.35. The molecule has 1 N–H and O–H groups in total. The molecule has 1 aliphatic heterocycles. The van der Waals surface area contributed by atoms with Crippen molar-refractivity contribution in [3.8, 4) is 0 Å². The van der Waals surface area contributed by atoms with Gasteiger partial charge in [-0.3, -0.25) is 0 Å². The van der Waals surface area contributed by atoms with Crippen molar-refractivity contribution >= 4 is 44.9 Å². The lowest BCUT2D eigenvalue weighted by molar-refractivity contribution is 0.266. The molecule has 1 aromatic heterocycles. The summed E-state index contributed by atoms with van der Waals surface area (Å²) in [5.41, 5.74) is 2.33. The second-order valence-electron chi connectivity index (χ2n) is 5.15. The first-order valence-corrected chi connectivity index (χ1v) is 7.72. The number of rotatable bonds is 1. The molecule has 2 heterocycles. The summed E-state index contributed by atoms with van der Waals surface area (Å²) in [5, 5.41) is 18.4. The Balaban J connectivity index is 2.16. The highest BCUT2D eigenvalue weighted by atomic mass is 32.2. The Labute approximate surface area is 126 Å². The second-order valence-corrected chi connectivity index (χ2v) is 5.93. The maximum absolute atomic E-state index is 9.35. The molecule has 104 valence electrons. The topological polar surface area (TPSA) is 38.0 Å². The highest BCUT2D eigenvalue weighted by molar-refractivity contribution is 8.09. The number of hydrogen-bond acceptors (Lipinski definition) is 3. The predicted molar refractivity (Wildman–Crippen MR) is 89.3 cm³/mol. The van der Waals surface area contributed by atoms with Gasteiger partial charge in [0.15, 0.2) is 0 Å². The van der Waals surface area contributed by atoms with Gasteiger partial charge in [-0.25, -0.2) is 4.98 Å².